The molecule has 4 nitrogen and oxygen atoms in total. The predicted molar refractivity (Wildman–Crippen MR) is 76.2 cm³/mol. The predicted octanol–water partition coefficient (Wildman–Crippen LogP) is 3.76. The summed E-state index contributed by atoms with van der Waals surface area (Å²) in [7, 11) is 0. The van der Waals surface area contributed by atoms with Crippen LogP contribution >= 0.6 is 15.9 Å². The van der Waals surface area contributed by atoms with Gasteiger partial charge in [-0.05, 0) is 53.5 Å². The first-order valence-electron chi connectivity index (χ1n) is 5.76. The van der Waals surface area contributed by atoms with Crippen molar-refractivity contribution in [3.63, 3.8) is 0 Å². The van der Waals surface area contributed by atoms with Gasteiger partial charge in [0.2, 0.25) is 0 Å². The summed E-state index contributed by atoms with van der Waals surface area (Å²) in [6.07, 6.45) is 0. The Kier molecular flexibility index (Phi) is 3.66. The van der Waals surface area contributed by atoms with E-state index >= 15 is 0 Å². The van der Waals surface area contributed by atoms with Crippen LogP contribution in [0.1, 0.15) is 18.2 Å². The second kappa shape index (κ2) is 5.09. The van der Waals surface area contributed by atoms with Crippen LogP contribution in [0.4, 0.5) is 5.69 Å². The summed E-state index contributed by atoms with van der Waals surface area (Å²) in [5.74, 6) is -0.660. The van der Waals surface area contributed by atoms with E-state index in [9.17, 15) is 9.90 Å². The Labute approximate surface area is 119 Å². The Morgan fingerprint density at radius 2 is 2.00 bits per heavy atom. The number of carbonyl (C=O) groups is 1. The van der Waals surface area contributed by atoms with Gasteiger partial charge in [0, 0.05) is 5.69 Å². The van der Waals surface area contributed by atoms with E-state index in [0.29, 0.717) is 10.4 Å². The first-order valence-corrected chi connectivity index (χ1v) is 6.56. The molecule has 0 aliphatic heterocycles. The van der Waals surface area contributed by atoms with Crippen LogP contribution in [0.25, 0.3) is 0 Å². The Morgan fingerprint density at radius 1 is 1.32 bits per heavy atom. The summed E-state index contributed by atoms with van der Waals surface area (Å²) in [6, 6.07) is 10.8. The van der Waals surface area contributed by atoms with Crippen molar-refractivity contribution in [1.29, 1.82) is 0 Å². The van der Waals surface area contributed by atoms with Crippen molar-refractivity contribution in [2.45, 2.75) is 19.4 Å². The highest BCUT2D eigenvalue weighted by atomic mass is 79.9. The SMILES string of the molecule is Cc1ccccc1NC(C)(C(=O)O)c1ccc(Br)o1. The molecular formula is C14H14BrNO3. The molecule has 0 aliphatic rings. The molecule has 100 valence electrons. The maximum atomic E-state index is 11.6. The molecule has 0 radical (unpaired) electrons. The average Bonchev–Trinajstić information content (AvgIpc) is 2.79. The van der Waals surface area contributed by atoms with Gasteiger partial charge in [0.15, 0.2) is 10.2 Å². The zero-order chi connectivity index (χ0) is 14.0. The fraction of sp³-hybridized carbons (Fsp3) is 0.214. The third-order valence-electron chi connectivity index (χ3n) is 3.02. The van der Waals surface area contributed by atoms with Crippen molar-refractivity contribution in [2.75, 3.05) is 5.32 Å². The van der Waals surface area contributed by atoms with Gasteiger partial charge in [0.25, 0.3) is 0 Å². The van der Waals surface area contributed by atoms with Gasteiger partial charge in [0.1, 0.15) is 5.76 Å². The maximum absolute atomic E-state index is 11.6. The highest BCUT2D eigenvalue weighted by Crippen LogP contribution is 2.30. The standard InChI is InChI=1S/C14H14BrNO3/c1-9-5-3-4-6-10(9)16-14(2,13(17)18)11-7-8-12(15)19-11/h3-8,16H,1-2H3,(H,17,18). The van der Waals surface area contributed by atoms with Crippen molar-refractivity contribution in [3.05, 3.63) is 52.4 Å². The molecular weight excluding hydrogens is 310 g/mol. The van der Waals surface area contributed by atoms with E-state index in [2.05, 4.69) is 21.2 Å². The molecule has 0 bridgehead atoms. The number of nitrogens with one attached hydrogen (secondary N) is 1. The van der Waals surface area contributed by atoms with Gasteiger partial charge in [-0.1, -0.05) is 18.2 Å². The summed E-state index contributed by atoms with van der Waals surface area (Å²) in [5, 5.41) is 12.5. The van der Waals surface area contributed by atoms with Crippen LogP contribution in [-0.2, 0) is 10.3 Å². The van der Waals surface area contributed by atoms with Gasteiger partial charge in [-0.15, -0.1) is 0 Å². The number of carboxylic acid groups (broad SMARTS) is 1. The molecule has 1 atom stereocenters. The maximum Gasteiger partial charge on any atom is 0.337 e. The molecule has 0 saturated heterocycles. The fourth-order valence-electron chi connectivity index (χ4n) is 1.79. The van der Waals surface area contributed by atoms with Crippen LogP contribution in [0.2, 0.25) is 0 Å². The number of carboxylic acids is 1. The molecule has 1 aromatic carbocycles. The minimum atomic E-state index is -1.32. The van der Waals surface area contributed by atoms with E-state index in [0.717, 1.165) is 11.3 Å². The molecule has 0 amide bonds. The number of hydrogen-bond acceptors (Lipinski definition) is 3. The normalized spacial score (nSPS) is 13.8. The third kappa shape index (κ3) is 2.66. The third-order valence-corrected chi connectivity index (χ3v) is 3.45. The quantitative estimate of drug-likeness (QED) is 0.899. The topological polar surface area (TPSA) is 62.5 Å². The minimum Gasteiger partial charge on any atom is -0.479 e. The van der Waals surface area contributed by atoms with Crippen LogP contribution in [0.15, 0.2) is 45.5 Å². The first-order chi connectivity index (χ1) is 8.93. The number of para-hydroxylation sites is 1. The number of hydrogen-bond donors (Lipinski definition) is 2. The monoisotopic (exact) mass is 323 g/mol. The summed E-state index contributed by atoms with van der Waals surface area (Å²) >= 11 is 3.19. The van der Waals surface area contributed by atoms with E-state index in [1.807, 2.05) is 31.2 Å². The lowest BCUT2D eigenvalue weighted by atomic mass is 9.98. The lowest BCUT2D eigenvalue weighted by molar-refractivity contribution is -0.142. The Morgan fingerprint density at radius 3 is 2.53 bits per heavy atom. The molecule has 2 rings (SSSR count). The summed E-state index contributed by atoms with van der Waals surface area (Å²) < 4.78 is 5.90. The summed E-state index contributed by atoms with van der Waals surface area (Å²) in [4.78, 5) is 11.6. The van der Waals surface area contributed by atoms with E-state index < -0.39 is 11.5 Å². The van der Waals surface area contributed by atoms with Crippen LogP contribution in [0, 0.1) is 6.92 Å². The van der Waals surface area contributed by atoms with Crippen molar-refractivity contribution in [1.82, 2.24) is 0 Å². The lowest BCUT2D eigenvalue weighted by Crippen LogP contribution is -2.40. The molecule has 2 N–H and O–H groups in total. The second-order valence-corrected chi connectivity index (χ2v) is 5.26. The Balaban J connectivity index is 2.41. The number of benzene rings is 1. The molecule has 0 fully saturated rings. The number of halogens is 1. The number of rotatable bonds is 4. The summed E-state index contributed by atoms with van der Waals surface area (Å²) in [5.41, 5.74) is 0.415. The van der Waals surface area contributed by atoms with Crippen LogP contribution in [-0.4, -0.2) is 11.1 Å². The van der Waals surface area contributed by atoms with Gasteiger partial charge in [0.05, 0.1) is 0 Å². The largest absolute Gasteiger partial charge is 0.479 e. The van der Waals surface area contributed by atoms with E-state index in [-0.39, 0.29) is 0 Å². The molecule has 2 aromatic rings. The van der Waals surface area contributed by atoms with Gasteiger partial charge >= 0.3 is 5.97 Å². The zero-order valence-electron chi connectivity index (χ0n) is 10.6. The Bertz CT molecular complexity index is 608. The number of aryl methyl sites for hydroxylation is 1. The lowest BCUT2D eigenvalue weighted by Gasteiger charge is -2.26. The van der Waals surface area contributed by atoms with Crippen LogP contribution in [0.3, 0.4) is 0 Å². The molecule has 19 heavy (non-hydrogen) atoms. The Hall–Kier alpha value is -1.75. The van der Waals surface area contributed by atoms with Gasteiger partial charge in [-0.3, -0.25) is 0 Å². The van der Waals surface area contributed by atoms with Crippen molar-refractivity contribution in [2.24, 2.45) is 0 Å². The fourth-order valence-corrected chi connectivity index (χ4v) is 2.09. The number of anilines is 1. The molecule has 0 aliphatic carbocycles. The highest BCUT2D eigenvalue weighted by Gasteiger charge is 2.38. The minimum absolute atomic E-state index is 0.343. The van der Waals surface area contributed by atoms with Crippen molar-refractivity contribution >= 4 is 27.6 Å². The molecule has 5 heteroatoms. The van der Waals surface area contributed by atoms with Crippen LogP contribution < -0.4 is 5.32 Å². The van der Waals surface area contributed by atoms with Gasteiger partial charge in [-0.2, -0.15) is 0 Å². The van der Waals surface area contributed by atoms with E-state index in [4.69, 9.17) is 4.42 Å². The summed E-state index contributed by atoms with van der Waals surface area (Å²) in [6.45, 7) is 3.50. The molecule has 1 heterocycles. The van der Waals surface area contributed by atoms with Gasteiger partial charge < -0.3 is 14.8 Å². The molecule has 0 spiro atoms. The average molecular weight is 324 g/mol. The van der Waals surface area contributed by atoms with Crippen LogP contribution in [0.5, 0.6) is 0 Å². The first kappa shape index (κ1) is 13.7. The van der Waals surface area contributed by atoms with E-state index in [1.165, 1.54) is 0 Å². The van der Waals surface area contributed by atoms with Gasteiger partial charge in [-0.25, -0.2) is 4.79 Å². The van der Waals surface area contributed by atoms with Crippen molar-refractivity contribution < 1.29 is 14.3 Å². The van der Waals surface area contributed by atoms with E-state index in [1.54, 1.807) is 19.1 Å². The molecule has 1 unspecified atom stereocenters. The second-order valence-electron chi connectivity index (χ2n) is 4.47. The van der Waals surface area contributed by atoms with Crippen molar-refractivity contribution in [3.8, 4) is 0 Å². The zero-order valence-corrected chi connectivity index (χ0v) is 12.2. The molecule has 0 saturated carbocycles. The highest BCUT2D eigenvalue weighted by molar-refractivity contribution is 9.10. The number of furan rings is 1. The number of aliphatic carboxylic acids is 1. The molecule has 1 aromatic heterocycles. The smallest absolute Gasteiger partial charge is 0.337 e.